The molecule has 1 aromatic rings. The SMILES string of the molecule is COC(=O)C(CCCCNC(=O)CCCc1ccc(I)cc1)NC(=O)C(CCC(=O)OC(C)(C)C)NC(=O)OC(C)(C)C. The molecule has 0 aliphatic carbocycles. The van der Waals surface area contributed by atoms with Gasteiger partial charge in [0.15, 0.2) is 0 Å². The molecule has 11 nitrogen and oxygen atoms in total. The molecule has 0 fully saturated rings. The number of methoxy groups -OCH3 is 1. The number of halogens is 1. The number of alkyl carbamates (subject to hydrolysis) is 1. The zero-order valence-electron chi connectivity index (χ0n) is 26.5. The van der Waals surface area contributed by atoms with Crippen LogP contribution >= 0.6 is 22.6 Å². The van der Waals surface area contributed by atoms with E-state index in [1.807, 2.05) is 12.1 Å². The summed E-state index contributed by atoms with van der Waals surface area (Å²) in [7, 11) is 1.22. The van der Waals surface area contributed by atoms with E-state index in [4.69, 9.17) is 14.2 Å². The lowest BCUT2D eigenvalue weighted by Crippen LogP contribution is -2.52. The number of ether oxygens (including phenoxy) is 3. The third-order valence-corrected chi connectivity index (χ3v) is 6.61. The van der Waals surface area contributed by atoms with Crippen LogP contribution in [0, 0.1) is 3.57 Å². The minimum atomic E-state index is -1.16. The molecule has 3 N–H and O–H groups in total. The molecule has 1 rings (SSSR count). The van der Waals surface area contributed by atoms with Crippen LogP contribution in [-0.4, -0.2) is 66.8 Å². The van der Waals surface area contributed by atoms with Gasteiger partial charge in [0.25, 0.3) is 0 Å². The molecule has 43 heavy (non-hydrogen) atoms. The molecule has 0 bridgehead atoms. The summed E-state index contributed by atoms with van der Waals surface area (Å²) in [5.41, 5.74) is -0.317. The fourth-order valence-corrected chi connectivity index (χ4v) is 4.29. The summed E-state index contributed by atoms with van der Waals surface area (Å²) in [6.07, 6.45) is 2.31. The first kappa shape index (κ1) is 38.1. The van der Waals surface area contributed by atoms with E-state index in [9.17, 15) is 24.0 Å². The molecule has 2 unspecified atom stereocenters. The van der Waals surface area contributed by atoms with Crippen LogP contribution in [0.2, 0.25) is 0 Å². The van der Waals surface area contributed by atoms with Gasteiger partial charge in [0.2, 0.25) is 11.8 Å². The van der Waals surface area contributed by atoms with Crippen molar-refractivity contribution in [2.45, 2.75) is 116 Å². The fraction of sp³-hybridized carbons (Fsp3) is 0.645. The molecule has 0 aliphatic rings. The van der Waals surface area contributed by atoms with Crippen molar-refractivity contribution in [3.63, 3.8) is 0 Å². The number of unbranched alkanes of at least 4 members (excludes halogenated alkanes) is 1. The van der Waals surface area contributed by atoms with Crippen LogP contribution in [0.1, 0.15) is 92.1 Å². The first-order valence-electron chi connectivity index (χ1n) is 14.6. The Labute approximate surface area is 269 Å². The number of benzene rings is 1. The maximum atomic E-state index is 13.2. The maximum Gasteiger partial charge on any atom is 0.408 e. The summed E-state index contributed by atoms with van der Waals surface area (Å²) in [6, 6.07) is 6.07. The Kier molecular flexibility index (Phi) is 16.6. The maximum absolute atomic E-state index is 13.2. The Balaban J connectivity index is 2.63. The predicted octanol–water partition coefficient (Wildman–Crippen LogP) is 4.57. The highest BCUT2D eigenvalue weighted by Crippen LogP contribution is 2.13. The second-order valence-corrected chi connectivity index (χ2v) is 13.5. The lowest BCUT2D eigenvalue weighted by atomic mass is 10.1. The quantitative estimate of drug-likeness (QED) is 0.0975. The topological polar surface area (TPSA) is 149 Å². The average Bonchev–Trinajstić information content (AvgIpc) is 2.88. The van der Waals surface area contributed by atoms with E-state index in [2.05, 4.69) is 50.7 Å². The number of amides is 3. The average molecular weight is 718 g/mol. The molecule has 0 heterocycles. The molecular formula is C31H48IN3O8. The Bertz CT molecular complexity index is 1060. The normalized spacial score (nSPS) is 12.8. The van der Waals surface area contributed by atoms with Crippen LogP contribution in [0.15, 0.2) is 24.3 Å². The number of hydrogen-bond donors (Lipinski definition) is 3. The van der Waals surface area contributed by atoms with E-state index in [0.717, 1.165) is 12.8 Å². The van der Waals surface area contributed by atoms with E-state index in [1.54, 1.807) is 41.5 Å². The molecule has 1 aromatic carbocycles. The molecule has 0 radical (unpaired) electrons. The van der Waals surface area contributed by atoms with Crippen LogP contribution in [0.25, 0.3) is 0 Å². The van der Waals surface area contributed by atoms with Crippen molar-refractivity contribution in [2.75, 3.05) is 13.7 Å². The zero-order chi connectivity index (χ0) is 32.6. The molecule has 0 saturated heterocycles. The van der Waals surface area contributed by atoms with Crippen molar-refractivity contribution in [1.82, 2.24) is 16.0 Å². The van der Waals surface area contributed by atoms with Crippen LogP contribution < -0.4 is 16.0 Å². The largest absolute Gasteiger partial charge is 0.467 e. The lowest BCUT2D eigenvalue weighted by Gasteiger charge is -2.25. The number of nitrogens with one attached hydrogen (secondary N) is 3. The van der Waals surface area contributed by atoms with Gasteiger partial charge in [0, 0.05) is 23.0 Å². The smallest absolute Gasteiger partial charge is 0.408 e. The highest BCUT2D eigenvalue weighted by atomic mass is 127. The molecule has 3 amide bonds. The van der Waals surface area contributed by atoms with Gasteiger partial charge in [-0.1, -0.05) is 12.1 Å². The van der Waals surface area contributed by atoms with E-state index < -0.39 is 47.2 Å². The van der Waals surface area contributed by atoms with Gasteiger partial charge < -0.3 is 30.2 Å². The highest BCUT2D eigenvalue weighted by Gasteiger charge is 2.30. The van der Waals surface area contributed by atoms with E-state index in [-0.39, 0.29) is 25.2 Å². The second kappa shape index (κ2) is 18.7. The van der Waals surface area contributed by atoms with Gasteiger partial charge in [-0.05, 0) is 120 Å². The van der Waals surface area contributed by atoms with E-state index in [0.29, 0.717) is 25.8 Å². The Morgan fingerprint density at radius 3 is 2.00 bits per heavy atom. The number of hydrogen-bond acceptors (Lipinski definition) is 8. The van der Waals surface area contributed by atoms with Gasteiger partial charge in [-0.3, -0.25) is 14.4 Å². The van der Waals surface area contributed by atoms with Crippen molar-refractivity contribution in [3.05, 3.63) is 33.4 Å². The van der Waals surface area contributed by atoms with Crippen LogP contribution in [0.3, 0.4) is 0 Å². The summed E-state index contributed by atoms with van der Waals surface area (Å²) in [6.45, 7) is 10.7. The van der Waals surface area contributed by atoms with Gasteiger partial charge in [-0.2, -0.15) is 0 Å². The second-order valence-electron chi connectivity index (χ2n) is 12.2. The van der Waals surface area contributed by atoms with Gasteiger partial charge in [0.05, 0.1) is 7.11 Å². The fourth-order valence-electron chi connectivity index (χ4n) is 3.93. The molecule has 0 saturated carbocycles. The first-order chi connectivity index (χ1) is 20.0. The monoisotopic (exact) mass is 717 g/mol. The highest BCUT2D eigenvalue weighted by molar-refractivity contribution is 14.1. The minimum Gasteiger partial charge on any atom is -0.467 e. The lowest BCUT2D eigenvalue weighted by molar-refractivity contribution is -0.155. The van der Waals surface area contributed by atoms with Gasteiger partial charge in [-0.15, -0.1) is 0 Å². The summed E-state index contributed by atoms with van der Waals surface area (Å²) in [4.78, 5) is 62.5. The Morgan fingerprint density at radius 1 is 0.791 bits per heavy atom. The number of carbonyl (C=O) groups is 5. The van der Waals surface area contributed by atoms with Crippen molar-refractivity contribution in [2.24, 2.45) is 0 Å². The first-order valence-corrected chi connectivity index (χ1v) is 15.7. The Hall–Kier alpha value is -2.90. The van der Waals surface area contributed by atoms with Crippen molar-refractivity contribution in [3.8, 4) is 0 Å². The van der Waals surface area contributed by atoms with Crippen molar-refractivity contribution >= 4 is 52.4 Å². The number of esters is 2. The number of aryl methyl sites for hydroxylation is 1. The van der Waals surface area contributed by atoms with Crippen LogP contribution in [0.5, 0.6) is 0 Å². The molecule has 242 valence electrons. The minimum absolute atomic E-state index is 0.0376. The number of rotatable bonds is 16. The summed E-state index contributed by atoms with van der Waals surface area (Å²) < 4.78 is 16.6. The standard InChI is InChI=1S/C31H48IN3O8/c1-30(2,3)42-26(37)19-18-23(35-29(40)43-31(4,5)6)27(38)34-24(28(39)41-7)12-8-9-20-33-25(36)13-10-11-21-14-16-22(32)17-15-21/h14-17,23-24H,8-13,18-20H2,1-7H3,(H,33,36)(H,34,38)(H,35,40). The van der Waals surface area contributed by atoms with Crippen LogP contribution in [-0.2, 0) is 39.8 Å². The van der Waals surface area contributed by atoms with Crippen molar-refractivity contribution in [1.29, 1.82) is 0 Å². The van der Waals surface area contributed by atoms with E-state index in [1.165, 1.54) is 16.2 Å². The summed E-state index contributed by atoms with van der Waals surface area (Å²) in [5.74, 6) is -1.87. The van der Waals surface area contributed by atoms with Crippen LogP contribution in [0.4, 0.5) is 4.79 Å². The molecule has 2 atom stereocenters. The molecular weight excluding hydrogens is 669 g/mol. The van der Waals surface area contributed by atoms with Gasteiger partial charge in [-0.25, -0.2) is 9.59 Å². The summed E-state index contributed by atoms with van der Waals surface area (Å²) in [5, 5.41) is 8.01. The number of carbonyl (C=O) groups excluding carboxylic acids is 5. The zero-order valence-corrected chi connectivity index (χ0v) is 28.6. The predicted molar refractivity (Wildman–Crippen MR) is 171 cm³/mol. The van der Waals surface area contributed by atoms with Gasteiger partial charge in [0.1, 0.15) is 23.3 Å². The summed E-state index contributed by atoms with van der Waals surface area (Å²) >= 11 is 2.26. The molecule has 0 aromatic heterocycles. The molecule has 0 aliphatic heterocycles. The molecule has 12 heteroatoms. The Morgan fingerprint density at radius 2 is 1.42 bits per heavy atom. The van der Waals surface area contributed by atoms with Crippen molar-refractivity contribution < 1.29 is 38.2 Å². The van der Waals surface area contributed by atoms with Gasteiger partial charge >= 0.3 is 18.0 Å². The third-order valence-electron chi connectivity index (χ3n) is 5.89. The third kappa shape index (κ3) is 18.4. The van der Waals surface area contributed by atoms with E-state index >= 15 is 0 Å². The molecule has 0 spiro atoms.